The summed E-state index contributed by atoms with van der Waals surface area (Å²) in [6.45, 7) is 0.282. The number of rotatable bonds is 8. The van der Waals surface area contributed by atoms with Gasteiger partial charge in [-0.25, -0.2) is 4.79 Å². The summed E-state index contributed by atoms with van der Waals surface area (Å²) in [5.74, 6) is 0.218. The van der Waals surface area contributed by atoms with E-state index in [0.29, 0.717) is 12.8 Å². The first-order valence-corrected chi connectivity index (χ1v) is 7.97. The lowest BCUT2D eigenvalue weighted by Crippen LogP contribution is -2.22. The molecule has 0 radical (unpaired) electrons. The number of nitro benzene ring substituents is 1. The fraction of sp³-hybridized carbons (Fsp3) is 0.235. The quantitative estimate of drug-likeness (QED) is 0.410. The number of nitrogens with zero attached hydrogens (tertiary/aromatic N) is 1. The van der Waals surface area contributed by atoms with Crippen LogP contribution in [0.4, 0.5) is 10.5 Å². The van der Waals surface area contributed by atoms with Gasteiger partial charge in [0.25, 0.3) is 5.69 Å². The summed E-state index contributed by atoms with van der Waals surface area (Å²) in [4.78, 5) is 20.9. The van der Waals surface area contributed by atoms with Crippen LogP contribution in [0.3, 0.4) is 0 Å². The Bertz CT molecular complexity index is 739. The smallest absolute Gasteiger partial charge is 0.404 e. The minimum absolute atomic E-state index is 0.112. The van der Waals surface area contributed by atoms with Crippen molar-refractivity contribution in [1.29, 1.82) is 0 Å². The highest BCUT2D eigenvalue weighted by Crippen LogP contribution is 2.34. The third-order valence-corrected chi connectivity index (χ3v) is 3.80. The average molecular weight is 365 g/mol. The lowest BCUT2D eigenvalue weighted by Gasteiger charge is -2.20. The zero-order chi connectivity index (χ0) is 18.2. The van der Waals surface area contributed by atoms with Crippen LogP contribution in [0.15, 0.2) is 48.5 Å². The fourth-order valence-electron chi connectivity index (χ4n) is 2.29. The fourth-order valence-corrected chi connectivity index (χ4v) is 2.46. The van der Waals surface area contributed by atoms with Crippen molar-refractivity contribution >= 4 is 23.4 Å². The summed E-state index contributed by atoms with van der Waals surface area (Å²) < 4.78 is 5.92. The number of nitro groups is 1. The van der Waals surface area contributed by atoms with Gasteiger partial charge in [0.05, 0.1) is 16.0 Å². The van der Waals surface area contributed by atoms with E-state index in [1.54, 1.807) is 0 Å². The molecule has 0 spiro atoms. The zero-order valence-corrected chi connectivity index (χ0v) is 14.0. The van der Waals surface area contributed by atoms with E-state index < -0.39 is 17.1 Å². The number of benzene rings is 2. The van der Waals surface area contributed by atoms with Crippen molar-refractivity contribution in [3.8, 4) is 5.75 Å². The van der Waals surface area contributed by atoms with Gasteiger partial charge in [0.2, 0.25) is 0 Å². The molecule has 25 heavy (non-hydrogen) atoms. The molecule has 0 aliphatic heterocycles. The van der Waals surface area contributed by atoms with Gasteiger partial charge in [-0.1, -0.05) is 41.9 Å². The molecule has 2 aromatic carbocycles. The van der Waals surface area contributed by atoms with Crippen LogP contribution in [0.2, 0.25) is 5.02 Å². The van der Waals surface area contributed by atoms with Gasteiger partial charge in [0.15, 0.2) is 0 Å². The van der Waals surface area contributed by atoms with Gasteiger partial charge in [-0.15, -0.1) is 0 Å². The number of amides is 1. The van der Waals surface area contributed by atoms with Crippen LogP contribution < -0.4 is 10.1 Å². The molecule has 2 aromatic rings. The van der Waals surface area contributed by atoms with Crippen molar-refractivity contribution in [2.24, 2.45) is 0 Å². The molecule has 7 nitrogen and oxygen atoms in total. The largest absolute Gasteiger partial charge is 0.484 e. The number of non-ortho nitro benzene ring substituents is 1. The molecule has 1 amide bonds. The van der Waals surface area contributed by atoms with Crippen molar-refractivity contribution in [1.82, 2.24) is 5.32 Å². The Labute approximate surface area is 149 Å². The molecular weight excluding hydrogens is 348 g/mol. The molecule has 1 atom stereocenters. The van der Waals surface area contributed by atoms with Crippen molar-refractivity contribution in [3.63, 3.8) is 0 Å². The highest BCUT2D eigenvalue weighted by Gasteiger charge is 2.17. The number of nitrogens with one attached hydrogen (secondary N) is 1. The van der Waals surface area contributed by atoms with Crippen LogP contribution in [-0.4, -0.2) is 22.7 Å². The Morgan fingerprint density at radius 1 is 1.28 bits per heavy atom. The molecule has 8 heteroatoms. The van der Waals surface area contributed by atoms with E-state index >= 15 is 0 Å². The molecule has 0 saturated heterocycles. The SMILES string of the molecule is O=C(O)NCCCC(Oc1cc([N+](=O)[O-])ccc1Cl)c1ccccc1. The van der Waals surface area contributed by atoms with Crippen LogP contribution in [0, 0.1) is 10.1 Å². The molecule has 0 saturated carbocycles. The molecule has 2 N–H and O–H groups in total. The highest BCUT2D eigenvalue weighted by molar-refractivity contribution is 6.32. The lowest BCUT2D eigenvalue weighted by molar-refractivity contribution is -0.384. The van der Waals surface area contributed by atoms with E-state index in [1.165, 1.54) is 18.2 Å². The Morgan fingerprint density at radius 3 is 2.64 bits per heavy atom. The molecular formula is C17H17ClN2O5. The maximum atomic E-state index is 10.9. The molecule has 132 valence electrons. The predicted octanol–water partition coefficient (Wildman–Crippen LogP) is 4.42. The Morgan fingerprint density at radius 2 is 2.00 bits per heavy atom. The van der Waals surface area contributed by atoms with Gasteiger partial charge in [-0.2, -0.15) is 0 Å². The standard InChI is InChI=1S/C17H17ClN2O5/c18-14-9-8-13(20(23)24)11-16(14)25-15(7-4-10-19-17(21)22)12-5-2-1-3-6-12/h1-3,5-6,8-9,11,15,19H,4,7,10H2,(H,21,22). The van der Waals surface area contributed by atoms with Crippen LogP contribution in [0.1, 0.15) is 24.5 Å². The summed E-state index contributed by atoms with van der Waals surface area (Å²) in [5.41, 5.74) is 0.763. The average Bonchev–Trinajstić information content (AvgIpc) is 2.59. The maximum Gasteiger partial charge on any atom is 0.404 e. The van der Waals surface area contributed by atoms with E-state index in [9.17, 15) is 14.9 Å². The van der Waals surface area contributed by atoms with E-state index in [2.05, 4.69) is 5.32 Å². The number of hydrogen-bond donors (Lipinski definition) is 2. The van der Waals surface area contributed by atoms with Crippen LogP contribution >= 0.6 is 11.6 Å². The van der Waals surface area contributed by atoms with Gasteiger partial charge < -0.3 is 15.2 Å². The molecule has 0 aliphatic rings. The Balaban J connectivity index is 2.17. The first kappa shape index (κ1) is 18.5. The Kier molecular flexibility index (Phi) is 6.59. The molecule has 1 unspecified atom stereocenters. The van der Waals surface area contributed by atoms with Crippen LogP contribution in [0.5, 0.6) is 5.75 Å². The highest BCUT2D eigenvalue weighted by atomic mass is 35.5. The second kappa shape index (κ2) is 8.89. The van der Waals surface area contributed by atoms with Gasteiger partial charge in [0, 0.05) is 12.6 Å². The zero-order valence-electron chi connectivity index (χ0n) is 13.2. The minimum atomic E-state index is -1.08. The molecule has 0 heterocycles. The minimum Gasteiger partial charge on any atom is -0.484 e. The number of carboxylic acid groups (broad SMARTS) is 1. The number of halogens is 1. The van der Waals surface area contributed by atoms with Crippen LogP contribution in [0.25, 0.3) is 0 Å². The monoisotopic (exact) mass is 364 g/mol. The van der Waals surface area contributed by atoms with E-state index in [0.717, 1.165) is 5.56 Å². The number of hydrogen-bond acceptors (Lipinski definition) is 4. The van der Waals surface area contributed by atoms with Gasteiger partial charge in [-0.3, -0.25) is 10.1 Å². The van der Waals surface area contributed by atoms with Gasteiger partial charge in [0.1, 0.15) is 11.9 Å². The second-order valence-corrected chi connectivity index (χ2v) is 5.67. The first-order valence-electron chi connectivity index (χ1n) is 7.59. The van der Waals surface area contributed by atoms with Crippen molar-refractivity contribution in [2.45, 2.75) is 18.9 Å². The molecule has 0 bridgehead atoms. The topological polar surface area (TPSA) is 102 Å². The van der Waals surface area contributed by atoms with Crippen molar-refractivity contribution in [3.05, 3.63) is 69.2 Å². The predicted molar refractivity (Wildman–Crippen MR) is 93.2 cm³/mol. The van der Waals surface area contributed by atoms with E-state index in [4.69, 9.17) is 21.4 Å². The van der Waals surface area contributed by atoms with Gasteiger partial charge in [-0.05, 0) is 24.5 Å². The third-order valence-electron chi connectivity index (χ3n) is 3.49. The van der Waals surface area contributed by atoms with Gasteiger partial charge >= 0.3 is 6.09 Å². The normalized spacial score (nSPS) is 11.6. The second-order valence-electron chi connectivity index (χ2n) is 5.26. The van der Waals surface area contributed by atoms with Crippen molar-refractivity contribution in [2.75, 3.05) is 6.54 Å². The summed E-state index contributed by atoms with van der Waals surface area (Å²) in [6.07, 6.45) is -0.433. The summed E-state index contributed by atoms with van der Waals surface area (Å²) in [6, 6.07) is 13.3. The van der Waals surface area contributed by atoms with E-state index in [-0.39, 0.29) is 23.0 Å². The summed E-state index contributed by atoms with van der Waals surface area (Å²) >= 11 is 6.10. The lowest BCUT2D eigenvalue weighted by atomic mass is 10.0. The maximum absolute atomic E-state index is 10.9. The van der Waals surface area contributed by atoms with Crippen LogP contribution in [-0.2, 0) is 0 Å². The summed E-state index contributed by atoms with van der Waals surface area (Å²) in [5, 5.41) is 22.1. The molecule has 0 aromatic heterocycles. The van der Waals surface area contributed by atoms with Crippen molar-refractivity contribution < 1.29 is 19.6 Å². The third kappa shape index (κ3) is 5.65. The first-order chi connectivity index (χ1) is 12.0. The number of carbonyl (C=O) groups is 1. The number of ether oxygens (including phenoxy) is 1. The Hall–Kier alpha value is -2.80. The molecule has 0 aliphatic carbocycles. The van der Waals surface area contributed by atoms with E-state index in [1.807, 2.05) is 30.3 Å². The molecule has 2 rings (SSSR count). The summed E-state index contributed by atoms with van der Waals surface area (Å²) in [7, 11) is 0. The molecule has 0 fully saturated rings.